The number of carbonyl (C=O) groups is 2. The summed E-state index contributed by atoms with van der Waals surface area (Å²) in [5.74, 6) is -0.304. The third kappa shape index (κ3) is 18.8. The van der Waals surface area contributed by atoms with Crippen LogP contribution < -0.4 is 5.32 Å². The van der Waals surface area contributed by atoms with E-state index >= 15 is 0 Å². The number of amides is 1. The number of hydrogen-bond donors (Lipinski definition) is 1. The van der Waals surface area contributed by atoms with Crippen LogP contribution in [0.15, 0.2) is 12.7 Å². The zero-order valence-electron chi connectivity index (χ0n) is 21.6. The third-order valence-electron chi connectivity index (χ3n) is 6.83. The first-order valence-electron chi connectivity index (χ1n) is 14.3. The van der Waals surface area contributed by atoms with Crippen molar-refractivity contribution in [1.82, 2.24) is 5.32 Å². The van der Waals surface area contributed by atoms with Gasteiger partial charge in [-0.1, -0.05) is 122 Å². The molecule has 4 nitrogen and oxygen atoms in total. The molecule has 1 saturated heterocycles. The van der Waals surface area contributed by atoms with E-state index in [0.29, 0.717) is 19.4 Å². The van der Waals surface area contributed by atoms with Gasteiger partial charge in [0, 0.05) is 6.42 Å². The van der Waals surface area contributed by atoms with Gasteiger partial charge in [0.2, 0.25) is 5.91 Å². The molecule has 1 N–H and O–H groups in total. The zero-order valence-corrected chi connectivity index (χ0v) is 21.6. The number of hydrogen-bond acceptors (Lipinski definition) is 3. The highest BCUT2D eigenvalue weighted by Crippen LogP contribution is 2.15. The smallest absolute Gasteiger partial charge is 0.328 e. The van der Waals surface area contributed by atoms with Crippen LogP contribution in [-0.2, 0) is 14.3 Å². The Morgan fingerprint density at radius 2 is 1.12 bits per heavy atom. The average molecular weight is 464 g/mol. The van der Waals surface area contributed by atoms with Gasteiger partial charge in [0.25, 0.3) is 0 Å². The Morgan fingerprint density at radius 1 is 0.727 bits per heavy atom. The number of unbranched alkanes of at least 4 members (excludes halogenated alkanes) is 20. The Balaban J connectivity index is 1.67. The molecule has 1 rings (SSSR count). The second-order valence-corrected chi connectivity index (χ2v) is 9.97. The number of esters is 1. The molecule has 4 heteroatoms. The molecule has 0 saturated carbocycles. The van der Waals surface area contributed by atoms with Crippen LogP contribution in [0.5, 0.6) is 0 Å². The molecular weight excluding hydrogens is 410 g/mol. The lowest BCUT2D eigenvalue weighted by molar-refractivity contribution is -0.146. The first-order chi connectivity index (χ1) is 16.2. The zero-order chi connectivity index (χ0) is 23.8. The highest BCUT2D eigenvalue weighted by Gasteiger charge is 2.28. The Morgan fingerprint density at radius 3 is 1.48 bits per heavy atom. The normalized spacial score (nSPS) is 15.5. The Kier molecular flexibility index (Phi) is 20.2. The second kappa shape index (κ2) is 22.5. The van der Waals surface area contributed by atoms with Crippen LogP contribution in [0.2, 0.25) is 0 Å². The van der Waals surface area contributed by atoms with Crippen molar-refractivity contribution in [2.45, 2.75) is 154 Å². The molecule has 0 spiro atoms. The van der Waals surface area contributed by atoms with E-state index in [-0.39, 0.29) is 11.9 Å². The first kappa shape index (κ1) is 29.7. The van der Waals surface area contributed by atoms with E-state index in [9.17, 15) is 9.59 Å². The van der Waals surface area contributed by atoms with Gasteiger partial charge in [0.15, 0.2) is 0 Å². The van der Waals surface area contributed by atoms with Crippen LogP contribution in [0, 0.1) is 0 Å². The molecule has 192 valence electrons. The summed E-state index contributed by atoms with van der Waals surface area (Å²) in [4.78, 5) is 22.9. The van der Waals surface area contributed by atoms with Gasteiger partial charge in [0.05, 0.1) is 6.61 Å². The molecule has 0 radical (unpaired) electrons. The van der Waals surface area contributed by atoms with E-state index in [0.717, 1.165) is 12.8 Å². The molecule has 1 amide bonds. The fourth-order valence-electron chi connectivity index (χ4n) is 4.64. The molecule has 0 aromatic carbocycles. The van der Waals surface area contributed by atoms with Crippen LogP contribution in [0.1, 0.15) is 148 Å². The lowest BCUT2D eigenvalue weighted by atomic mass is 10.0. The molecule has 0 aromatic rings. The highest BCUT2D eigenvalue weighted by molar-refractivity contribution is 5.87. The van der Waals surface area contributed by atoms with E-state index in [2.05, 4.69) is 11.9 Å². The maximum atomic E-state index is 11.8. The van der Waals surface area contributed by atoms with Crippen molar-refractivity contribution >= 4 is 11.9 Å². The van der Waals surface area contributed by atoms with Crippen LogP contribution in [0.4, 0.5) is 0 Å². The summed E-state index contributed by atoms with van der Waals surface area (Å²) < 4.78 is 5.26. The first-order valence-corrected chi connectivity index (χ1v) is 14.3. The van der Waals surface area contributed by atoms with Crippen molar-refractivity contribution in [3.63, 3.8) is 0 Å². The van der Waals surface area contributed by atoms with Crippen molar-refractivity contribution in [3.05, 3.63) is 12.7 Å². The van der Waals surface area contributed by atoms with Crippen molar-refractivity contribution in [1.29, 1.82) is 0 Å². The maximum Gasteiger partial charge on any atom is 0.328 e. The van der Waals surface area contributed by atoms with Gasteiger partial charge in [0.1, 0.15) is 6.04 Å². The third-order valence-corrected chi connectivity index (χ3v) is 6.83. The predicted molar refractivity (Wildman–Crippen MR) is 139 cm³/mol. The molecule has 0 unspecified atom stereocenters. The van der Waals surface area contributed by atoms with Gasteiger partial charge in [-0.15, -0.1) is 6.58 Å². The minimum absolute atomic E-state index is 0.0423. The summed E-state index contributed by atoms with van der Waals surface area (Å²) in [6.45, 7) is 4.27. The van der Waals surface area contributed by atoms with Gasteiger partial charge in [-0.3, -0.25) is 4.79 Å². The standard InChI is InChI=1S/C29H53NO3/c1-2-3-4-5-6-7-8-9-10-11-12-13-14-15-16-17-18-19-20-21-22-23-26-33-29(32)27-24-25-28(31)30-27/h2,27H,1,3-26H2,(H,30,31)/t27-/m0/s1. The van der Waals surface area contributed by atoms with E-state index in [4.69, 9.17) is 4.74 Å². The van der Waals surface area contributed by atoms with Gasteiger partial charge in [-0.2, -0.15) is 0 Å². The molecule has 0 aliphatic carbocycles. The molecule has 33 heavy (non-hydrogen) atoms. The summed E-state index contributed by atoms with van der Waals surface area (Å²) in [5.41, 5.74) is 0. The lowest BCUT2D eigenvalue weighted by Gasteiger charge is -2.09. The summed E-state index contributed by atoms with van der Waals surface area (Å²) in [5, 5.41) is 2.65. The molecular formula is C29H53NO3. The van der Waals surface area contributed by atoms with Gasteiger partial charge in [-0.25, -0.2) is 4.79 Å². The monoisotopic (exact) mass is 463 g/mol. The van der Waals surface area contributed by atoms with E-state index in [1.807, 2.05) is 6.08 Å². The quantitative estimate of drug-likeness (QED) is 0.0891. The second-order valence-electron chi connectivity index (χ2n) is 9.97. The fourth-order valence-corrected chi connectivity index (χ4v) is 4.64. The molecule has 0 aromatic heterocycles. The largest absolute Gasteiger partial charge is 0.464 e. The molecule has 1 aliphatic heterocycles. The number of ether oxygens (including phenoxy) is 1. The van der Waals surface area contributed by atoms with Crippen molar-refractivity contribution in [3.8, 4) is 0 Å². The van der Waals surface area contributed by atoms with Crippen LogP contribution in [0.25, 0.3) is 0 Å². The molecule has 1 atom stereocenters. The molecule has 1 heterocycles. The van der Waals surface area contributed by atoms with Gasteiger partial charge >= 0.3 is 5.97 Å². The summed E-state index contributed by atoms with van der Waals surface area (Å²) in [6, 6.07) is -0.407. The van der Waals surface area contributed by atoms with Crippen molar-refractivity contribution < 1.29 is 14.3 Å². The van der Waals surface area contributed by atoms with Crippen LogP contribution in [0.3, 0.4) is 0 Å². The fraction of sp³-hybridized carbons (Fsp3) is 0.862. The van der Waals surface area contributed by atoms with Crippen molar-refractivity contribution in [2.24, 2.45) is 0 Å². The maximum absolute atomic E-state index is 11.8. The summed E-state index contributed by atoms with van der Waals surface area (Å²) >= 11 is 0. The average Bonchev–Trinajstić information content (AvgIpc) is 3.26. The number of allylic oxidation sites excluding steroid dienone is 1. The van der Waals surface area contributed by atoms with Crippen LogP contribution >= 0.6 is 0 Å². The topological polar surface area (TPSA) is 55.4 Å². The summed E-state index contributed by atoms with van der Waals surface area (Å²) in [7, 11) is 0. The number of carbonyl (C=O) groups excluding carboxylic acids is 2. The van der Waals surface area contributed by atoms with Gasteiger partial charge < -0.3 is 10.1 Å². The van der Waals surface area contributed by atoms with Gasteiger partial charge in [-0.05, 0) is 25.7 Å². The van der Waals surface area contributed by atoms with Crippen LogP contribution in [-0.4, -0.2) is 24.5 Å². The Labute approximate surface area is 204 Å². The SMILES string of the molecule is C=CCCCCCCCCCCCCCCCCCCCCCCOC(=O)[C@@H]1CCC(=O)N1. The summed E-state index contributed by atoms with van der Waals surface area (Å²) in [6.07, 6.45) is 31.3. The van der Waals surface area contributed by atoms with E-state index in [1.165, 1.54) is 122 Å². The Hall–Kier alpha value is -1.32. The molecule has 0 bridgehead atoms. The number of rotatable bonds is 24. The number of nitrogens with one attached hydrogen (secondary N) is 1. The predicted octanol–water partition coefficient (Wildman–Crippen LogP) is 8.19. The molecule has 1 aliphatic rings. The highest BCUT2D eigenvalue weighted by atomic mass is 16.5. The van der Waals surface area contributed by atoms with Crippen molar-refractivity contribution in [2.75, 3.05) is 6.61 Å². The minimum Gasteiger partial charge on any atom is -0.464 e. The lowest BCUT2D eigenvalue weighted by Crippen LogP contribution is -2.34. The van der Waals surface area contributed by atoms with E-state index in [1.54, 1.807) is 0 Å². The van der Waals surface area contributed by atoms with E-state index < -0.39 is 6.04 Å². The minimum atomic E-state index is -0.407. The molecule has 1 fully saturated rings. The Bertz CT molecular complexity index is 491.